The second-order valence-corrected chi connectivity index (χ2v) is 6.08. The summed E-state index contributed by atoms with van der Waals surface area (Å²) in [5.41, 5.74) is 0.227. The van der Waals surface area contributed by atoms with Crippen LogP contribution in [-0.4, -0.2) is 30.4 Å². The molecular formula is C11H19BO3. The maximum Gasteiger partial charge on any atom is 0.485 e. The smallest absolute Gasteiger partial charge is 0.404 e. The fourth-order valence-corrected chi connectivity index (χ4v) is 4.03. The first kappa shape index (κ1) is 10.1. The Morgan fingerprint density at radius 1 is 1.33 bits per heavy atom. The van der Waals surface area contributed by atoms with E-state index in [1.165, 1.54) is 6.42 Å². The van der Waals surface area contributed by atoms with Gasteiger partial charge in [-0.15, -0.1) is 0 Å². The van der Waals surface area contributed by atoms with Gasteiger partial charge in [-0.05, 0) is 37.0 Å². The van der Waals surface area contributed by atoms with Gasteiger partial charge in [0.2, 0.25) is 0 Å². The molecule has 1 heterocycles. The molecule has 3 aliphatic carbocycles. The van der Waals surface area contributed by atoms with Gasteiger partial charge in [0.15, 0.2) is 0 Å². The molecule has 0 radical (unpaired) electrons. The molecule has 1 saturated heterocycles. The van der Waals surface area contributed by atoms with Gasteiger partial charge in [0.1, 0.15) is 0 Å². The first-order chi connectivity index (χ1) is 6.98. The lowest BCUT2D eigenvalue weighted by atomic mass is 9.43. The molecule has 1 aliphatic heterocycles. The lowest BCUT2D eigenvalue weighted by Gasteiger charge is -2.64. The molecule has 15 heavy (non-hydrogen) atoms. The summed E-state index contributed by atoms with van der Waals surface area (Å²) in [4.78, 5) is 0. The Balaban J connectivity index is 1.89. The molecule has 0 aromatic carbocycles. The summed E-state index contributed by atoms with van der Waals surface area (Å²) < 4.78 is 11.7. The quantitative estimate of drug-likeness (QED) is 0.662. The third kappa shape index (κ3) is 1.08. The summed E-state index contributed by atoms with van der Waals surface area (Å²) in [6.45, 7) is 6.81. The van der Waals surface area contributed by atoms with Crippen LogP contribution in [0.25, 0.3) is 0 Å². The van der Waals surface area contributed by atoms with Crippen molar-refractivity contribution in [2.75, 3.05) is 6.51 Å². The molecule has 4 aliphatic rings. The van der Waals surface area contributed by atoms with Gasteiger partial charge in [0.05, 0.1) is 18.2 Å². The van der Waals surface area contributed by atoms with Gasteiger partial charge in [0.25, 0.3) is 0 Å². The van der Waals surface area contributed by atoms with Crippen LogP contribution in [-0.2, 0) is 9.31 Å². The van der Waals surface area contributed by atoms with E-state index in [0.717, 1.165) is 12.3 Å². The molecule has 4 unspecified atom stereocenters. The first-order valence-electron chi connectivity index (χ1n) is 5.92. The average molecular weight is 210 g/mol. The Labute approximate surface area is 91.3 Å². The number of rotatable bonds is 1. The van der Waals surface area contributed by atoms with E-state index in [1.807, 2.05) is 0 Å². The van der Waals surface area contributed by atoms with Crippen molar-refractivity contribution in [1.82, 2.24) is 0 Å². The second-order valence-electron chi connectivity index (χ2n) is 6.08. The Bertz CT molecular complexity index is 294. The van der Waals surface area contributed by atoms with Gasteiger partial charge in [0, 0.05) is 0 Å². The highest BCUT2D eigenvalue weighted by Gasteiger charge is 2.67. The van der Waals surface area contributed by atoms with Crippen molar-refractivity contribution >= 4 is 7.12 Å². The van der Waals surface area contributed by atoms with E-state index in [9.17, 15) is 0 Å². The molecule has 0 spiro atoms. The van der Waals surface area contributed by atoms with Crippen molar-refractivity contribution in [3.8, 4) is 0 Å². The summed E-state index contributed by atoms with van der Waals surface area (Å²) >= 11 is 0. The second kappa shape index (κ2) is 2.79. The Hall–Kier alpha value is -0.0551. The minimum absolute atomic E-state index is 0.0239. The largest absolute Gasteiger partial charge is 0.485 e. The van der Waals surface area contributed by atoms with E-state index in [2.05, 4.69) is 20.8 Å². The first-order valence-corrected chi connectivity index (χ1v) is 5.92. The molecule has 4 rings (SSSR count). The van der Waals surface area contributed by atoms with Gasteiger partial charge in [-0.2, -0.15) is 0 Å². The molecule has 84 valence electrons. The summed E-state index contributed by atoms with van der Waals surface area (Å²) in [6, 6.07) is 0. The molecule has 4 fully saturated rings. The summed E-state index contributed by atoms with van der Waals surface area (Å²) in [5, 5.41) is 9.11. The molecule has 2 bridgehead atoms. The van der Waals surface area contributed by atoms with Crippen molar-refractivity contribution in [2.24, 2.45) is 17.3 Å². The average Bonchev–Trinajstić information content (AvgIpc) is 2.53. The third-order valence-corrected chi connectivity index (χ3v) is 5.15. The normalized spacial score (nSPS) is 51.2. The highest BCUT2D eigenvalue weighted by atomic mass is 16.7. The van der Waals surface area contributed by atoms with Crippen LogP contribution in [0.5, 0.6) is 0 Å². The Morgan fingerprint density at radius 3 is 2.67 bits per heavy atom. The zero-order valence-corrected chi connectivity index (χ0v) is 9.69. The number of aliphatic hydroxyl groups is 1. The SMILES string of the molecule is CC1(C)C2CC3OB(CO)OC3(C)C1C2. The van der Waals surface area contributed by atoms with Crippen molar-refractivity contribution < 1.29 is 14.4 Å². The third-order valence-electron chi connectivity index (χ3n) is 5.15. The van der Waals surface area contributed by atoms with Crippen LogP contribution in [0.2, 0.25) is 0 Å². The maximum absolute atomic E-state index is 9.11. The van der Waals surface area contributed by atoms with Crippen molar-refractivity contribution in [3.05, 3.63) is 0 Å². The topological polar surface area (TPSA) is 38.7 Å². The van der Waals surface area contributed by atoms with E-state index in [4.69, 9.17) is 14.4 Å². The highest BCUT2D eigenvalue weighted by molar-refractivity contribution is 6.45. The van der Waals surface area contributed by atoms with Gasteiger partial charge in [-0.25, -0.2) is 0 Å². The van der Waals surface area contributed by atoms with E-state index in [0.29, 0.717) is 11.3 Å². The van der Waals surface area contributed by atoms with Gasteiger partial charge in [-0.3, -0.25) is 0 Å². The predicted molar refractivity (Wildman–Crippen MR) is 57.2 cm³/mol. The monoisotopic (exact) mass is 210 g/mol. The lowest BCUT2D eigenvalue weighted by molar-refractivity contribution is -0.199. The molecule has 4 atom stereocenters. The van der Waals surface area contributed by atoms with Crippen LogP contribution < -0.4 is 0 Å². The van der Waals surface area contributed by atoms with Gasteiger partial charge in [-0.1, -0.05) is 13.8 Å². The molecule has 0 aromatic heterocycles. The maximum atomic E-state index is 9.11. The summed E-state index contributed by atoms with van der Waals surface area (Å²) in [5.74, 6) is 1.37. The standard InChI is InChI=1S/C11H19BO3/c1-10(2)7-4-8(10)11(3)9(5-7)14-12(6-13)15-11/h7-9,13H,4-6H2,1-3H3. The van der Waals surface area contributed by atoms with Gasteiger partial charge < -0.3 is 14.4 Å². The number of hydrogen-bond acceptors (Lipinski definition) is 3. The predicted octanol–water partition coefficient (Wildman–Crippen LogP) is 1.25. The zero-order chi connectivity index (χ0) is 10.8. The van der Waals surface area contributed by atoms with Crippen LogP contribution in [0, 0.1) is 17.3 Å². The molecule has 4 heteroatoms. The molecule has 3 saturated carbocycles. The molecule has 3 nitrogen and oxygen atoms in total. The fourth-order valence-electron chi connectivity index (χ4n) is 4.03. The minimum atomic E-state index is -0.393. The van der Waals surface area contributed by atoms with Crippen LogP contribution >= 0.6 is 0 Å². The van der Waals surface area contributed by atoms with Crippen LogP contribution in [0.4, 0.5) is 0 Å². The summed E-state index contributed by atoms with van der Waals surface area (Å²) in [7, 11) is -0.393. The number of aliphatic hydroxyl groups excluding tert-OH is 1. The number of hydrogen-bond donors (Lipinski definition) is 1. The molecule has 0 amide bonds. The Kier molecular flexibility index (Phi) is 1.88. The fraction of sp³-hybridized carbons (Fsp3) is 1.00. The lowest BCUT2D eigenvalue weighted by Crippen LogP contribution is -2.65. The zero-order valence-electron chi connectivity index (χ0n) is 9.69. The molecular weight excluding hydrogens is 191 g/mol. The van der Waals surface area contributed by atoms with Gasteiger partial charge >= 0.3 is 7.12 Å². The van der Waals surface area contributed by atoms with E-state index in [-0.39, 0.29) is 18.2 Å². The van der Waals surface area contributed by atoms with Crippen molar-refractivity contribution in [1.29, 1.82) is 0 Å². The van der Waals surface area contributed by atoms with Crippen molar-refractivity contribution in [2.45, 2.75) is 45.3 Å². The van der Waals surface area contributed by atoms with Crippen LogP contribution in [0.1, 0.15) is 33.6 Å². The van der Waals surface area contributed by atoms with E-state index in [1.54, 1.807) is 0 Å². The highest BCUT2D eigenvalue weighted by Crippen LogP contribution is 2.65. The van der Waals surface area contributed by atoms with Crippen LogP contribution in [0.15, 0.2) is 0 Å². The van der Waals surface area contributed by atoms with E-state index >= 15 is 0 Å². The van der Waals surface area contributed by atoms with Crippen molar-refractivity contribution in [3.63, 3.8) is 0 Å². The summed E-state index contributed by atoms with van der Waals surface area (Å²) in [6.07, 6.45) is 2.56. The Morgan fingerprint density at radius 2 is 2.07 bits per heavy atom. The molecule has 0 aromatic rings. The van der Waals surface area contributed by atoms with E-state index < -0.39 is 7.12 Å². The van der Waals surface area contributed by atoms with Crippen LogP contribution in [0.3, 0.4) is 0 Å². The molecule has 1 N–H and O–H groups in total. The minimum Gasteiger partial charge on any atom is -0.404 e.